The number of nitrogens with zero attached hydrogens (tertiary/aromatic N) is 3. The summed E-state index contributed by atoms with van der Waals surface area (Å²) in [6.45, 7) is 10.1. The Morgan fingerprint density at radius 2 is 2.00 bits per heavy atom. The Morgan fingerprint density at radius 1 is 1.32 bits per heavy atom. The number of nitrogens with two attached hydrogens (primary N) is 1. The van der Waals surface area contributed by atoms with E-state index in [2.05, 4.69) is 30.7 Å². The first kappa shape index (κ1) is 15.8. The second-order valence-electron chi connectivity index (χ2n) is 5.60. The van der Waals surface area contributed by atoms with Crippen LogP contribution in [0.15, 0.2) is 6.33 Å². The highest BCUT2D eigenvalue weighted by Crippen LogP contribution is 2.23. The first-order valence-electron chi connectivity index (χ1n) is 6.89. The lowest BCUT2D eigenvalue weighted by atomic mass is 9.93. The van der Waals surface area contributed by atoms with Crippen LogP contribution in [0.5, 0.6) is 0 Å². The van der Waals surface area contributed by atoms with E-state index < -0.39 is 0 Å². The minimum absolute atomic E-state index is 0.0705. The zero-order valence-corrected chi connectivity index (χ0v) is 12.4. The molecule has 0 aromatic carbocycles. The quantitative estimate of drug-likeness (QED) is 0.825. The van der Waals surface area contributed by atoms with Crippen LogP contribution in [0.1, 0.15) is 39.8 Å². The van der Waals surface area contributed by atoms with Crippen molar-refractivity contribution in [1.82, 2.24) is 9.97 Å². The monoisotopic (exact) mass is 268 g/mol. The topological polar surface area (TPSA) is 55.0 Å². The highest BCUT2D eigenvalue weighted by atomic mass is 19.1. The molecule has 0 bridgehead atoms. The first-order chi connectivity index (χ1) is 8.95. The van der Waals surface area contributed by atoms with Crippen LogP contribution < -0.4 is 10.6 Å². The van der Waals surface area contributed by atoms with Gasteiger partial charge in [-0.25, -0.2) is 14.4 Å². The van der Waals surface area contributed by atoms with Crippen LogP contribution in [0.2, 0.25) is 0 Å². The average Bonchev–Trinajstić information content (AvgIpc) is 2.38. The number of halogens is 1. The molecule has 1 aromatic heterocycles. The van der Waals surface area contributed by atoms with Gasteiger partial charge in [-0.1, -0.05) is 27.7 Å². The predicted octanol–water partition coefficient (Wildman–Crippen LogP) is 2.38. The first-order valence-corrected chi connectivity index (χ1v) is 6.89. The lowest BCUT2D eigenvalue weighted by Crippen LogP contribution is -2.40. The summed E-state index contributed by atoms with van der Waals surface area (Å²) < 4.78 is 14.3. The summed E-state index contributed by atoms with van der Waals surface area (Å²) in [6.07, 6.45) is 2.95. The molecular weight excluding hydrogens is 243 g/mol. The van der Waals surface area contributed by atoms with E-state index in [1.54, 1.807) is 0 Å². The van der Waals surface area contributed by atoms with Crippen molar-refractivity contribution in [3.63, 3.8) is 0 Å². The fourth-order valence-electron chi connectivity index (χ4n) is 1.97. The Hall–Kier alpha value is -1.23. The molecule has 19 heavy (non-hydrogen) atoms. The van der Waals surface area contributed by atoms with Gasteiger partial charge in [-0.2, -0.15) is 0 Å². The zero-order chi connectivity index (χ0) is 14.5. The van der Waals surface area contributed by atoms with Crippen molar-refractivity contribution in [1.29, 1.82) is 0 Å². The predicted molar refractivity (Wildman–Crippen MR) is 76.7 cm³/mol. The van der Waals surface area contributed by atoms with Crippen LogP contribution in [0.25, 0.3) is 0 Å². The van der Waals surface area contributed by atoms with Crippen molar-refractivity contribution in [3.05, 3.63) is 17.8 Å². The van der Waals surface area contributed by atoms with E-state index in [-0.39, 0.29) is 11.2 Å². The maximum atomic E-state index is 14.3. The van der Waals surface area contributed by atoms with Gasteiger partial charge in [0.15, 0.2) is 11.6 Å². The van der Waals surface area contributed by atoms with E-state index in [1.165, 1.54) is 6.33 Å². The van der Waals surface area contributed by atoms with Crippen molar-refractivity contribution in [3.8, 4) is 0 Å². The smallest absolute Gasteiger partial charge is 0.187 e. The van der Waals surface area contributed by atoms with Crippen LogP contribution in [0.3, 0.4) is 0 Å². The number of anilines is 1. The van der Waals surface area contributed by atoms with Crippen molar-refractivity contribution < 1.29 is 4.39 Å². The summed E-state index contributed by atoms with van der Waals surface area (Å²) in [4.78, 5) is 10.1. The maximum absolute atomic E-state index is 14.3. The lowest BCUT2D eigenvalue weighted by Gasteiger charge is -2.32. The van der Waals surface area contributed by atoms with Gasteiger partial charge in [-0.3, -0.25) is 0 Å². The summed E-state index contributed by atoms with van der Waals surface area (Å²) in [5.74, 6) is 0.0986. The number of hydrogen-bond donors (Lipinski definition) is 1. The molecule has 108 valence electrons. The minimum Gasteiger partial charge on any atom is -0.354 e. The molecule has 1 rings (SSSR count). The molecule has 4 nitrogen and oxygen atoms in total. The normalized spacial score (nSPS) is 11.7. The van der Waals surface area contributed by atoms with E-state index in [0.717, 1.165) is 13.0 Å². The molecule has 0 aliphatic rings. The molecule has 0 unspecified atom stereocenters. The van der Waals surface area contributed by atoms with Crippen LogP contribution in [-0.2, 0) is 6.42 Å². The van der Waals surface area contributed by atoms with Crippen molar-refractivity contribution in [2.45, 2.75) is 40.5 Å². The van der Waals surface area contributed by atoms with Gasteiger partial charge in [0.2, 0.25) is 0 Å². The van der Waals surface area contributed by atoms with Gasteiger partial charge in [0.05, 0.1) is 5.69 Å². The molecule has 1 heterocycles. The fraction of sp³-hybridized carbons (Fsp3) is 0.714. The zero-order valence-electron chi connectivity index (χ0n) is 12.4. The molecule has 0 atom stereocenters. The molecule has 0 saturated heterocycles. The largest absolute Gasteiger partial charge is 0.354 e. The molecule has 0 aliphatic carbocycles. The van der Waals surface area contributed by atoms with Crippen molar-refractivity contribution in [2.75, 3.05) is 24.5 Å². The molecule has 5 heteroatoms. The number of rotatable bonds is 7. The molecular formula is C14H25FN4. The standard InChI is InChI=1S/C14H25FN4/c1-5-7-19(9-14(3,4)8-16)13-12(15)11(6-2)17-10-18-13/h10H,5-9,16H2,1-4H3. The average molecular weight is 268 g/mol. The molecule has 2 N–H and O–H groups in total. The number of aryl methyl sites for hydroxylation is 1. The van der Waals surface area contributed by atoms with Gasteiger partial charge >= 0.3 is 0 Å². The Labute approximate surface area is 115 Å². The molecule has 0 saturated carbocycles. The van der Waals surface area contributed by atoms with Crippen molar-refractivity contribution >= 4 is 5.82 Å². The summed E-state index contributed by atoms with van der Waals surface area (Å²) in [5.41, 5.74) is 6.17. The summed E-state index contributed by atoms with van der Waals surface area (Å²) >= 11 is 0. The Balaban J connectivity index is 3.05. The summed E-state index contributed by atoms with van der Waals surface area (Å²) in [6, 6.07) is 0. The second kappa shape index (κ2) is 6.80. The SMILES string of the molecule is CCCN(CC(C)(C)CN)c1ncnc(CC)c1F. The highest BCUT2D eigenvalue weighted by Gasteiger charge is 2.23. The third kappa shape index (κ3) is 4.13. The number of aromatic nitrogens is 2. The van der Waals surface area contributed by atoms with E-state index in [0.29, 0.717) is 31.0 Å². The lowest BCUT2D eigenvalue weighted by molar-refractivity contribution is 0.374. The molecule has 0 radical (unpaired) electrons. The second-order valence-corrected chi connectivity index (χ2v) is 5.60. The third-order valence-electron chi connectivity index (χ3n) is 3.14. The van der Waals surface area contributed by atoms with Gasteiger partial charge in [-0.05, 0) is 24.8 Å². The molecule has 0 aliphatic heterocycles. The van der Waals surface area contributed by atoms with Gasteiger partial charge in [-0.15, -0.1) is 0 Å². The maximum Gasteiger partial charge on any atom is 0.187 e. The third-order valence-corrected chi connectivity index (χ3v) is 3.14. The Morgan fingerprint density at radius 3 is 2.53 bits per heavy atom. The summed E-state index contributed by atoms with van der Waals surface area (Å²) in [5, 5.41) is 0. The fourth-order valence-corrected chi connectivity index (χ4v) is 1.97. The summed E-state index contributed by atoms with van der Waals surface area (Å²) in [7, 11) is 0. The molecule has 0 fully saturated rings. The highest BCUT2D eigenvalue weighted by molar-refractivity contribution is 5.41. The van der Waals surface area contributed by atoms with E-state index in [4.69, 9.17) is 5.73 Å². The van der Waals surface area contributed by atoms with Gasteiger partial charge in [0.1, 0.15) is 6.33 Å². The van der Waals surface area contributed by atoms with Crippen LogP contribution >= 0.6 is 0 Å². The Bertz CT molecular complexity index is 406. The number of hydrogen-bond acceptors (Lipinski definition) is 4. The van der Waals surface area contributed by atoms with Crippen LogP contribution in [0.4, 0.5) is 10.2 Å². The molecule has 0 amide bonds. The van der Waals surface area contributed by atoms with Crippen LogP contribution in [-0.4, -0.2) is 29.6 Å². The minimum atomic E-state index is -0.300. The van der Waals surface area contributed by atoms with E-state index in [1.807, 2.05) is 11.8 Å². The van der Waals surface area contributed by atoms with Gasteiger partial charge in [0.25, 0.3) is 0 Å². The van der Waals surface area contributed by atoms with Crippen LogP contribution in [0, 0.1) is 11.2 Å². The Kier molecular flexibility index (Phi) is 5.66. The van der Waals surface area contributed by atoms with Gasteiger partial charge in [0, 0.05) is 13.1 Å². The molecule has 0 spiro atoms. The molecule has 1 aromatic rings. The van der Waals surface area contributed by atoms with E-state index >= 15 is 0 Å². The van der Waals surface area contributed by atoms with Gasteiger partial charge < -0.3 is 10.6 Å². The van der Waals surface area contributed by atoms with Crippen molar-refractivity contribution in [2.24, 2.45) is 11.1 Å². The van der Waals surface area contributed by atoms with E-state index in [9.17, 15) is 4.39 Å².